The fraction of sp³-hybridized carbons (Fsp3) is 0.562. The quantitative estimate of drug-likeness (QED) is 0.732. The van der Waals surface area contributed by atoms with Crippen molar-refractivity contribution in [1.82, 2.24) is 9.62 Å². The largest absolute Gasteiger partial charge is 0.340 e. The lowest BCUT2D eigenvalue weighted by Gasteiger charge is -2.26. The van der Waals surface area contributed by atoms with E-state index in [1.165, 1.54) is 4.90 Å². The Bertz CT molecular complexity index is 912. The Hall–Kier alpha value is -1.59. The number of amides is 1. The van der Waals surface area contributed by atoms with Gasteiger partial charge in [0.25, 0.3) is 0 Å². The maximum atomic E-state index is 13.9. The molecular weight excluding hydrogens is 402 g/mol. The molecule has 1 saturated heterocycles. The summed E-state index contributed by atoms with van der Waals surface area (Å²) < 4.78 is 78.1. The van der Waals surface area contributed by atoms with E-state index in [9.17, 15) is 30.4 Å². The van der Waals surface area contributed by atoms with Crippen LogP contribution in [0, 0.1) is 17.6 Å². The van der Waals surface area contributed by atoms with Gasteiger partial charge < -0.3 is 4.90 Å². The minimum Gasteiger partial charge on any atom is -0.340 e. The second-order valence-corrected chi connectivity index (χ2v) is 10.9. The molecule has 0 radical (unpaired) electrons. The summed E-state index contributed by atoms with van der Waals surface area (Å²) in [6.45, 7) is 3.27. The molecule has 1 N–H and O–H groups in total. The number of sulfone groups is 1. The first-order valence-corrected chi connectivity index (χ1v) is 11.7. The second kappa shape index (κ2) is 7.80. The molecule has 0 aromatic heterocycles. The van der Waals surface area contributed by atoms with E-state index in [1.54, 1.807) is 13.8 Å². The van der Waals surface area contributed by atoms with Gasteiger partial charge in [-0.1, -0.05) is 19.9 Å². The SMILES string of the molecule is CC(C)C(NS(=O)(=O)c1c(F)cccc1F)C(=O)N1CCC(S(C)(=O)=O)C1. The van der Waals surface area contributed by atoms with Crippen LogP contribution in [0.1, 0.15) is 20.3 Å². The van der Waals surface area contributed by atoms with Gasteiger partial charge in [0.2, 0.25) is 15.9 Å². The van der Waals surface area contributed by atoms with Gasteiger partial charge in [0.05, 0.1) is 5.25 Å². The molecule has 7 nitrogen and oxygen atoms in total. The van der Waals surface area contributed by atoms with Crippen LogP contribution in [0.4, 0.5) is 8.78 Å². The van der Waals surface area contributed by atoms with Crippen LogP contribution in [-0.2, 0) is 24.7 Å². The van der Waals surface area contributed by atoms with Gasteiger partial charge in [-0.25, -0.2) is 25.6 Å². The molecule has 2 rings (SSSR count). The first-order valence-electron chi connectivity index (χ1n) is 8.28. The molecule has 1 heterocycles. The van der Waals surface area contributed by atoms with Crippen molar-refractivity contribution in [3.05, 3.63) is 29.8 Å². The number of rotatable bonds is 6. The maximum Gasteiger partial charge on any atom is 0.247 e. The number of hydrogen-bond acceptors (Lipinski definition) is 5. The van der Waals surface area contributed by atoms with E-state index in [-0.39, 0.29) is 19.5 Å². The highest BCUT2D eigenvalue weighted by atomic mass is 32.2. The van der Waals surface area contributed by atoms with Crippen LogP contribution in [0.3, 0.4) is 0 Å². The Morgan fingerprint density at radius 3 is 2.19 bits per heavy atom. The molecule has 152 valence electrons. The highest BCUT2D eigenvalue weighted by Gasteiger charge is 2.38. The predicted octanol–water partition coefficient (Wildman–Crippen LogP) is 0.913. The molecule has 0 bridgehead atoms. The average molecular weight is 424 g/mol. The van der Waals surface area contributed by atoms with E-state index in [0.29, 0.717) is 0 Å². The van der Waals surface area contributed by atoms with Crippen molar-refractivity contribution in [3.63, 3.8) is 0 Å². The highest BCUT2D eigenvalue weighted by Crippen LogP contribution is 2.22. The standard InChI is InChI=1S/C16H22F2N2O5S2/c1-10(2)14(16(21)20-8-7-11(9-20)26(3,22)23)19-27(24,25)15-12(17)5-4-6-13(15)18/h4-6,10-11,14,19H,7-9H2,1-3H3. The Morgan fingerprint density at radius 1 is 1.19 bits per heavy atom. The highest BCUT2D eigenvalue weighted by molar-refractivity contribution is 7.91. The van der Waals surface area contributed by atoms with Gasteiger partial charge in [0.15, 0.2) is 14.7 Å². The van der Waals surface area contributed by atoms with Gasteiger partial charge in [-0.15, -0.1) is 0 Å². The Morgan fingerprint density at radius 2 is 1.74 bits per heavy atom. The third kappa shape index (κ3) is 4.82. The van der Waals surface area contributed by atoms with E-state index in [1.807, 2.05) is 0 Å². The second-order valence-electron chi connectivity index (χ2n) is 6.92. The van der Waals surface area contributed by atoms with Crippen LogP contribution < -0.4 is 4.72 Å². The smallest absolute Gasteiger partial charge is 0.247 e. The summed E-state index contributed by atoms with van der Waals surface area (Å²) in [5, 5.41) is -0.713. The van der Waals surface area contributed by atoms with Crippen LogP contribution in [0.15, 0.2) is 23.1 Å². The fourth-order valence-electron chi connectivity index (χ4n) is 2.91. The molecule has 11 heteroatoms. The van der Waals surface area contributed by atoms with Crippen LogP contribution in [-0.4, -0.2) is 58.3 Å². The Kier molecular flexibility index (Phi) is 6.27. The van der Waals surface area contributed by atoms with E-state index < -0.39 is 59.5 Å². The molecule has 0 saturated carbocycles. The minimum absolute atomic E-state index is 0.0450. The molecule has 2 atom stereocenters. The molecule has 1 aromatic rings. The monoisotopic (exact) mass is 424 g/mol. The lowest BCUT2D eigenvalue weighted by molar-refractivity contribution is -0.132. The van der Waals surface area contributed by atoms with Gasteiger partial charge >= 0.3 is 0 Å². The van der Waals surface area contributed by atoms with Gasteiger partial charge in [-0.05, 0) is 24.5 Å². The summed E-state index contributed by atoms with van der Waals surface area (Å²) in [5.74, 6) is -3.69. The van der Waals surface area contributed by atoms with Crippen molar-refractivity contribution in [3.8, 4) is 0 Å². The molecule has 1 aliphatic heterocycles. The van der Waals surface area contributed by atoms with Gasteiger partial charge in [0.1, 0.15) is 17.7 Å². The number of hydrogen-bond donors (Lipinski definition) is 1. The lowest BCUT2D eigenvalue weighted by atomic mass is 10.0. The maximum absolute atomic E-state index is 13.9. The van der Waals surface area contributed by atoms with Crippen LogP contribution in [0.5, 0.6) is 0 Å². The van der Waals surface area contributed by atoms with Gasteiger partial charge in [-0.3, -0.25) is 4.79 Å². The van der Waals surface area contributed by atoms with Gasteiger partial charge in [0, 0.05) is 19.3 Å². The lowest BCUT2D eigenvalue weighted by Crippen LogP contribution is -2.51. The molecule has 1 fully saturated rings. The summed E-state index contributed by atoms with van der Waals surface area (Å²) in [6, 6.07) is 1.36. The van der Waals surface area contributed by atoms with Crippen LogP contribution in [0.25, 0.3) is 0 Å². The van der Waals surface area contributed by atoms with Crippen molar-refractivity contribution in [2.45, 2.75) is 36.5 Å². The van der Waals surface area contributed by atoms with Crippen LogP contribution in [0.2, 0.25) is 0 Å². The number of carbonyl (C=O) groups is 1. The summed E-state index contributed by atoms with van der Waals surface area (Å²) in [6.07, 6.45) is 1.33. The van der Waals surface area contributed by atoms with Crippen molar-refractivity contribution in [2.24, 2.45) is 5.92 Å². The van der Waals surface area contributed by atoms with E-state index in [0.717, 1.165) is 24.5 Å². The molecular formula is C16H22F2N2O5S2. The zero-order valence-corrected chi connectivity index (χ0v) is 16.8. The summed E-state index contributed by atoms with van der Waals surface area (Å²) in [5.41, 5.74) is 0. The Balaban J connectivity index is 2.27. The summed E-state index contributed by atoms with van der Waals surface area (Å²) in [4.78, 5) is 12.9. The molecule has 2 unspecified atom stereocenters. The third-order valence-corrected chi connectivity index (χ3v) is 7.55. The van der Waals surface area contributed by atoms with Crippen LogP contribution >= 0.6 is 0 Å². The van der Waals surface area contributed by atoms with Crippen molar-refractivity contribution >= 4 is 25.8 Å². The van der Waals surface area contributed by atoms with E-state index >= 15 is 0 Å². The number of nitrogens with one attached hydrogen (secondary N) is 1. The van der Waals surface area contributed by atoms with Crippen molar-refractivity contribution < 1.29 is 30.4 Å². The van der Waals surface area contributed by atoms with E-state index in [4.69, 9.17) is 0 Å². The number of nitrogens with zero attached hydrogens (tertiary/aromatic N) is 1. The number of sulfonamides is 1. The first kappa shape index (κ1) is 21.7. The number of carbonyl (C=O) groups excluding carboxylic acids is 1. The van der Waals surface area contributed by atoms with Gasteiger partial charge in [-0.2, -0.15) is 4.72 Å². The average Bonchev–Trinajstić information content (AvgIpc) is 3.01. The first-order chi connectivity index (χ1) is 12.3. The predicted molar refractivity (Wildman–Crippen MR) is 95.1 cm³/mol. The molecule has 27 heavy (non-hydrogen) atoms. The number of benzene rings is 1. The van der Waals surface area contributed by atoms with E-state index in [2.05, 4.69) is 4.72 Å². The molecule has 1 aromatic carbocycles. The molecule has 1 aliphatic rings. The number of halogens is 2. The topological polar surface area (TPSA) is 101 Å². The number of likely N-dealkylation sites (tertiary alicyclic amines) is 1. The third-order valence-electron chi connectivity index (χ3n) is 4.46. The fourth-order valence-corrected chi connectivity index (χ4v) is 5.37. The summed E-state index contributed by atoms with van der Waals surface area (Å²) >= 11 is 0. The normalized spacial score (nSPS) is 19.5. The van der Waals surface area contributed by atoms with Crippen molar-refractivity contribution in [1.29, 1.82) is 0 Å². The molecule has 1 amide bonds. The minimum atomic E-state index is -4.65. The zero-order valence-electron chi connectivity index (χ0n) is 15.1. The zero-order chi connectivity index (χ0) is 20.6. The Labute approximate surface area is 157 Å². The van der Waals surface area contributed by atoms with Crippen molar-refractivity contribution in [2.75, 3.05) is 19.3 Å². The molecule has 0 spiro atoms. The molecule has 0 aliphatic carbocycles. The summed E-state index contributed by atoms with van der Waals surface area (Å²) in [7, 11) is -7.98.